The van der Waals surface area contributed by atoms with E-state index in [9.17, 15) is 4.79 Å². The van der Waals surface area contributed by atoms with Crippen molar-refractivity contribution >= 4 is 5.97 Å². The molecule has 1 aromatic rings. The molecule has 0 aromatic heterocycles. The third kappa shape index (κ3) is 9.73. The number of esters is 1. The minimum atomic E-state index is -0.269. The quantitative estimate of drug-likeness (QED) is 0.495. The van der Waals surface area contributed by atoms with Crippen LogP contribution in [-0.2, 0) is 11.3 Å². The van der Waals surface area contributed by atoms with E-state index < -0.39 is 0 Å². The van der Waals surface area contributed by atoms with Crippen LogP contribution in [0.25, 0.3) is 0 Å². The highest BCUT2D eigenvalue weighted by molar-refractivity contribution is 5.89. The number of carbonyl (C=O) groups excluding carboxylic acids is 1. The third-order valence-electron chi connectivity index (χ3n) is 4.29. The van der Waals surface area contributed by atoms with Crippen LogP contribution in [0.1, 0.15) is 63.4 Å². The molecule has 27 heavy (non-hydrogen) atoms. The summed E-state index contributed by atoms with van der Waals surface area (Å²) in [6.45, 7) is 19.2. The van der Waals surface area contributed by atoms with Crippen LogP contribution in [0, 0.1) is 0 Å². The molecule has 1 aliphatic heterocycles. The first-order valence-corrected chi connectivity index (χ1v) is 10.5. The molecule has 1 atom stereocenters. The lowest BCUT2D eigenvalue weighted by Crippen LogP contribution is -2.43. The molecule has 1 unspecified atom stereocenters. The summed E-state index contributed by atoms with van der Waals surface area (Å²) in [5, 5.41) is 0. The van der Waals surface area contributed by atoms with Gasteiger partial charge in [0.25, 0.3) is 0 Å². The Bertz CT molecular complexity index is 506. The van der Waals surface area contributed by atoms with E-state index in [1.165, 1.54) is 5.56 Å². The predicted molar refractivity (Wildman–Crippen MR) is 116 cm³/mol. The third-order valence-corrected chi connectivity index (χ3v) is 4.29. The molecule has 1 heterocycles. The number of ether oxygens (including phenoxy) is 1. The average molecular weight is 377 g/mol. The minimum Gasteiger partial charge on any atom is -0.455 e. The highest BCUT2D eigenvalue weighted by Crippen LogP contribution is 2.12. The zero-order valence-electron chi connectivity index (χ0n) is 18.3. The van der Waals surface area contributed by atoms with Gasteiger partial charge in [-0.05, 0) is 31.2 Å². The van der Waals surface area contributed by atoms with Crippen molar-refractivity contribution in [2.24, 2.45) is 0 Å². The Labute approximate surface area is 167 Å². The van der Waals surface area contributed by atoms with E-state index >= 15 is 0 Å². The van der Waals surface area contributed by atoms with Crippen molar-refractivity contribution in [3.05, 3.63) is 48.0 Å². The molecule has 0 N–H and O–H groups in total. The molecule has 0 saturated carbocycles. The standard InChI is InChI=1S/C19H28N2O2.2C2H6/c1-4-6-18(5-2)23-19(22)17-9-7-16(8-10-17)15-21-13-11-20(3)12-14-21;2*1-2/h5,7-10,18H,2,4,6,11-15H2,1,3H3;2*1-2H3. The van der Waals surface area contributed by atoms with Gasteiger partial charge in [0.1, 0.15) is 6.10 Å². The van der Waals surface area contributed by atoms with E-state index in [0.29, 0.717) is 5.56 Å². The van der Waals surface area contributed by atoms with Crippen molar-refractivity contribution in [2.45, 2.75) is 60.1 Å². The van der Waals surface area contributed by atoms with Crippen molar-refractivity contribution in [1.82, 2.24) is 9.80 Å². The number of benzene rings is 1. The molecule has 1 fully saturated rings. The normalized spacial score (nSPS) is 15.5. The molecule has 4 heteroatoms. The Hall–Kier alpha value is -1.65. The lowest BCUT2D eigenvalue weighted by molar-refractivity contribution is 0.0380. The molecule has 1 aromatic carbocycles. The van der Waals surface area contributed by atoms with Gasteiger partial charge in [-0.1, -0.05) is 65.8 Å². The van der Waals surface area contributed by atoms with Gasteiger partial charge in [-0.3, -0.25) is 4.90 Å². The number of hydrogen-bond acceptors (Lipinski definition) is 4. The van der Waals surface area contributed by atoms with E-state index in [2.05, 4.69) is 30.4 Å². The van der Waals surface area contributed by atoms with E-state index in [-0.39, 0.29) is 12.1 Å². The monoisotopic (exact) mass is 376 g/mol. The van der Waals surface area contributed by atoms with Gasteiger partial charge in [0.2, 0.25) is 0 Å². The van der Waals surface area contributed by atoms with Gasteiger partial charge in [0.15, 0.2) is 0 Å². The van der Waals surface area contributed by atoms with Gasteiger partial charge in [0.05, 0.1) is 5.56 Å². The van der Waals surface area contributed by atoms with Crippen molar-refractivity contribution in [2.75, 3.05) is 33.2 Å². The van der Waals surface area contributed by atoms with Gasteiger partial charge < -0.3 is 9.64 Å². The maximum Gasteiger partial charge on any atom is 0.338 e. The van der Waals surface area contributed by atoms with E-state index in [0.717, 1.165) is 45.6 Å². The number of piperazine rings is 1. The average Bonchev–Trinajstić information content (AvgIpc) is 2.73. The molecule has 0 spiro atoms. The summed E-state index contributed by atoms with van der Waals surface area (Å²) < 4.78 is 5.45. The van der Waals surface area contributed by atoms with Crippen molar-refractivity contribution in [3.8, 4) is 0 Å². The fourth-order valence-corrected chi connectivity index (χ4v) is 2.73. The number of hydrogen-bond donors (Lipinski definition) is 0. The highest BCUT2D eigenvalue weighted by Gasteiger charge is 2.15. The second-order valence-electron chi connectivity index (χ2n) is 6.24. The Morgan fingerprint density at radius 3 is 2.15 bits per heavy atom. The first kappa shape index (κ1) is 25.4. The maximum atomic E-state index is 12.1. The number of carbonyl (C=O) groups is 1. The van der Waals surface area contributed by atoms with Crippen LogP contribution in [0.15, 0.2) is 36.9 Å². The van der Waals surface area contributed by atoms with Gasteiger partial charge in [-0.2, -0.15) is 0 Å². The lowest BCUT2D eigenvalue weighted by atomic mass is 10.1. The number of rotatable bonds is 7. The summed E-state index contributed by atoms with van der Waals surface area (Å²) in [7, 11) is 2.16. The molecule has 0 bridgehead atoms. The Kier molecular flexibility index (Phi) is 14.5. The summed E-state index contributed by atoms with van der Waals surface area (Å²) in [6, 6.07) is 7.77. The first-order valence-electron chi connectivity index (χ1n) is 10.5. The van der Waals surface area contributed by atoms with Crippen molar-refractivity contribution < 1.29 is 9.53 Å². The van der Waals surface area contributed by atoms with Crippen LogP contribution < -0.4 is 0 Å². The van der Waals surface area contributed by atoms with E-state index in [4.69, 9.17) is 4.74 Å². The molecule has 1 aliphatic rings. The molecule has 1 saturated heterocycles. The molecule has 0 amide bonds. The van der Waals surface area contributed by atoms with E-state index in [1.807, 2.05) is 52.0 Å². The fraction of sp³-hybridized carbons (Fsp3) is 0.609. The van der Waals surface area contributed by atoms with Gasteiger partial charge in [0, 0.05) is 32.7 Å². The molecule has 0 radical (unpaired) electrons. The van der Waals surface area contributed by atoms with Gasteiger partial charge in [-0.25, -0.2) is 4.79 Å². The fourth-order valence-electron chi connectivity index (χ4n) is 2.73. The topological polar surface area (TPSA) is 32.8 Å². The number of nitrogens with zero attached hydrogens (tertiary/aromatic N) is 2. The summed E-state index contributed by atoms with van der Waals surface area (Å²) in [4.78, 5) is 16.9. The first-order chi connectivity index (χ1) is 13.1. The van der Waals surface area contributed by atoms with Crippen molar-refractivity contribution in [1.29, 1.82) is 0 Å². The summed E-state index contributed by atoms with van der Waals surface area (Å²) in [5.41, 5.74) is 1.84. The summed E-state index contributed by atoms with van der Waals surface area (Å²) in [5.74, 6) is -0.269. The molecular weight excluding hydrogens is 336 g/mol. The molecule has 2 rings (SSSR count). The molecule has 4 nitrogen and oxygen atoms in total. The smallest absolute Gasteiger partial charge is 0.338 e. The van der Waals surface area contributed by atoms with Gasteiger partial charge in [-0.15, -0.1) is 0 Å². The largest absolute Gasteiger partial charge is 0.455 e. The predicted octanol–water partition coefficient (Wildman–Crippen LogP) is 5.00. The minimum absolute atomic E-state index is 0.197. The SMILES string of the molecule is C=CC(CCC)OC(=O)c1ccc(CN2CCN(C)CC2)cc1.CC.CC. The highest BCUT2D eigenvalue weighted by atomic mass is 16.5. The Balaban J connectivity index is 0.00000158. The Morgan fingerprint density at radius 2 is 1.67 bits per heavy atom. The van der Waals surface area contributed by atoms with Crippen molar-refractivity contribution in [3.63, 3.8) is 0 Å². The summed E-state index contributed by atoms with van der Waals surface area (Å²) >= 11 is 0. The lowest BCUT2D eigenvalue weighted by Gasteiger charge is -2.32. The van der Waals surface area contributed by atoms with Crippen LogP contribution in [-0.4, -0.2) is 55.1 Å². The van der Waals surface area contributed by atoms with Crippen LogP contribution in [0.5, 0.6) is 0 Å². The molecule has 0 aliphatic carbocycles. The second kappa shape index (κ2) is 15.4. The Morgan fingerprint density at radius 1 is 1.11 bits per heavy atom. The summed E-state index contributed by atoms with van der Waals surface area (Å²) in [6.07, 6.45) is 3.28. The van der Waals surface area contributed by atoms with Gasteiger partial charge >= 0.3 is 5.97 Å². The van der Waals surface area contributed by atoms with Crippen LogP contribution in [0.3, 0.4) is 0 Å². The molecular formula is C23H40N2O2. The maximum absolute atomic E-state index is 12.1. The van der Waals surface area contributed by atoms with E-state index in [1.54, 1.807) is 6.08 Å². The zero-order chi connectivity index (χ0) is 20.7. The van der Waals surface area contributed by atoms with Crippen LogP contribution in [0.2, 0.25) is 0 Å². The van der Waals surface area contributed by atoms with Crippen LogP contribution >= 0.6 is 0 Å². The molecule has 154 valence electrons. The second-order valence-corrected chi connectivity index (χ2v) is 6.24. The zero-order valence-corrected chi connectivity index (χ0v) is 18.3. The van der Waals surface area contributed by atoms with Crippen LogP contribution in [0.4, 0.5) is 0 Å². The number of likely N-dealkylation sites (N-methyl/N-ethyl adjacent to an activating group) is 1.